The molecule has 3 nitrogen and oxygen atoms in total. The van der Waals surface area contributed by atoms with Crippen molar-refractivity contribution < 1.29 is 0 Å². The van der Waals surface area contributed by atoms with Gasteiger partial charge in [0.15, 0.2) is 0 Å². The summed E-state index contributed by atoms with van der Waals surface area (Å²) in [7, 11) is 2.09. The molecule has 2 aromatic rings. The van der Waals surface area contributed by atoms with Crippen LogP contribution in [0.5, 0.6) is 0 Å². The highest BCUT2D eigenvalue weighted by atomic mass is 32.1. The molecule has 0 aliphatic carbocycles. The van der Waals surface area contributed by atoms with Gasteiger partial charge in [-0.1, -0.05) is 30.4 Å². The van der Waals surface area contributed by atoms with Crippen LogP contribution in [-0.2, 0) is 13.1 Å². The summed E-state index contributed by atoms with van der Waals surface area (Å²) < 4.78 is 0. The van der Waals surface area contributed by atoms with Crippen molar-refractivity contribution in [3.63, 3.8) is 0 Å². The Morgan fingerprint density at radius 3 is 2.65 bits per heavy atom. The molecule has 0 aliphatic heterocycles. The molecule has 0 saturated carbocycles. The van der Waals surface area contributed by atoms with E-state index in [4.69, 9.17) is 18.0 Å². The van der Waals surface area contributed by atoms with Gasteiger partial charge in [-0.2, -0.15) is 0 Å². The Hall–Kier alpha value is -1.78. The van der Waals surface area contributed by atoms with Gasteiger partial charge in [-0.05, 0) is 43.3 Å². The van der Waals surface area contributed by atoms with Crippen molar-refractivity contribution >= 4 is 17.2 Å². The third-order valence-corrected chi connectivity index (χ3v) is 3.46. The maximum atomic E-state index is 5.65. The number of aromatic nitrogens is 1. The van der Waals surface area contributed by atoms with Crippen molar-refractivity contribution in [2.24, 2.45) is 5.73 Å². The normalized spacial score (nSPS) is 10.8. The van der Waals surface area contributed by atoms with Gasteiger partial charge in [0, 0.05) is 24.8 Å². The first kappa shape index (κ1) is 14.6. The predicted octanol–water partition coefficient (Wildman–Crippen LogP) is 2.66. The number of thiocarbonyl (C=S) groups is 1. The average Bonchev–Trinajstić information content (AvgIpc) is 2.42. The van der Waals surface area contributed by atoms with Crippen LogP contribution in [0.2, 0.25) is 0 Å². The predicted molar refractivity (Wildman–Crippen MR) is 86.5 cm³/mol. The monoisotopic (exact) mass is 285 g/mol. The molecular weight excluding hydrogens is 266 g/mol. The number of nitrogens with two attached hydrogens (primary N) is 1. The minimum absolute atomic E-state index is 0.446. The molecular formula is C16H19N3S. The summed E-state index contributed by atoms with van der Waals surface area (Å²) in [5, 5.41) is 0. The second-order valence-corrected chi connectivity index (χ2v) is 5.44. The molecule has 0 fully saturated rings. The van der Waals surface area contributed by atoms with Crippen LogP contribution in [0.3, 0.4) is 0 Å². The molecule has 20 heavy (non-hydrogen) atoms. The van der Waals surface area contributed by atoms with Crippen molar-refractivity contribution in [3.05, 3.63) is 65.0 Å². The van der Waals surface area contributed by atoms with Crippen LogP contribution in [0.25, 0.3) is 0 Å². The maximum Gasteiger partial charge on any atom is 0.103 e. The van der Waals surface area contributed by atoms with E-state index in [1.54, 1.807) is 0 Å². The van der Waals surface area contributed by atoms with Crippen LogP contribution in [-0.4, -0.2) is 21.9 Å². The summed E-state index contributed by atoms with van der Waals surface area (Å²) in [5.74, 6) is 0. The summed E-state index contributed by atoms with van der Waals surface area (Å²) in [4.78, 5) is 7.03. The molecule has 0 aliphatic rings. The lowest BCUT2D eigenvalue weighted by Gasteiger charge is -2.18. The number of nitrogens with zero attached hydrogens (tertiary/aromatic N) is 2. The van der Waals surface area contributed by atoms with Crippen molar-refractivity contribution in [1.29, 1.82) is 0 Å². The Balaban J connectivity index is 2.04. The number of pyridine rings is 1. The number of hydrogen-bond donors (Lipinski definition) is 1. The van der Waals surface area contributed by atoms with Crippen molar-refractivity contribution in [2.45, 2.75) is 20.0 Å². The summed E-state index contributed by atoms with van der Waals surface area (Å²) >= 11 is 5.00. The van der Waals surface area contributed by atoms with Crippen molar-refractivity contribution in [2.75, 3.05) is 7.05 Å². The van der Waals surface area contributed by atoms with Gasteiger partial charge in [0.25, 0.3) is 0 Å². The van der Waals surface area contributed by atoms with E-state index in [0.717, 1.165) is 24.3 Å². The summed E-state index contributed by atoms with van der Waals surface area (Å²) in [5.41, 5.74) is 10.1. The van der Waals surface area contributed by atoms with E-state index in [1.807, 2.05) is 36.5 Å². The lowest BCUT2D eigenvalue weighted by molar-refractivity contribution is 0.314. The van der Waals surface area contributed by atoms with Crippen LogP contribution in [0.15, 0.2) is 42.6 Å². The fourth-order valence-electron chi connectivity index (χ4n) is 2.14. The molecule has 0 saturated heterocycles. The van der Waals surface area contributed by atoms with E-state index in [-0.39, 0.29) is 0 Å². The SMILES string of the molecule is Cc1cc(C(N)=S)ccc1CN(C)Cc1ccccn1. The molecule has 4 heteroatoms. The molecule has 2 rings (SSSR count). The number of hydrogen-bond acceptors (Lipinski definition) is 3. The van der Waals surface area contributed by atoms with Crippen LogP contribution in [0.4, 0.5) is 0 Å². The summed E-state index contributed by atoms with van der Waals surface area (Å²) in [6, 6.07) is 12.1. The van der Waals surface area contributed by atoms with Gasteiger partial charge in [-0.15, -0.1) is 0 Å². The van der Waals surface area contributed by atoms with Crippen LogP contribution < -0.4 is 5.73 Å². The van der Waals surface area contributed by atoms with Gasteiger partial charge in [-0.3, -0.25) is 9.88 Å². The standard InChI is InChI=1S/C16H19N3S/c1-12-9-13(16(17)20)6-7-14(12)10-19(2)11-15-5-3-4-8-18-15/h3-9H,10-11H2,1-2H3,(H2,17,20). The van der Waals surface area contributed by atoms with Crippen molar-refractivity contribution in [1.82, 2.24) is 9.88 Å². The van der Waals surface area contributed by atoms with E-state index in [1.165, 1.54) is 11.1 Å². The molecule has 0 unspecified atom stereocenters. The zero-order chi connectivity index (χ0) is 14.5. The van der Waals surface area contributed by atoms with Gasteiger partial charge in [-0.25, -0.2) is 0 Å². The zero-order valence-corrected chi connectivity index (χ0v) is 12.7. The van der Waals surface area contributed by atoms with E-state index >= 15 is 0 Å². The molecule has 0 bridgehead atoms. The Kier molecular flexibility index (Phi) is 4.82. The number of benzene rings is 1. The van der Waals surface area contributed by atoms with Gasteiger partial charge in [0.05, 0.1) is 5.69 Å². The fraction of sp³-hybridized carbons (Fsp3) is 0.250. The highest BCUT2D eigenvalue weighted by Crippen LogP contribution is 2.14. The minimum atomic E-state index is 0.446. The molecule has 1 aromatic heterocycles. The molecule has 0 atom stereocenters. The fourth-order valence-corrected chi connectivity index (χ4v) is 2.27. The second kappa shape index (κ2) is 6.59. The first-order valence-electron chi connectivity index (χ1n) is 6.54. The number of rotatable bonds is 5. The second-order valence-electron chi connectivity index (χ2n) is 5.00. The maximum absolute atomic E-state index is 5.65. The molecule has 0 amide bonds. The Morgan fingerprint density at radius 2 is 2.05 bits per heavy atom. The first-order chi connectivity index (χ1) is 9.56. The van der Waals surface area contributed by atoms with Crippen LogP contribution >= 0.6 is 12.2 Å². The van der Waals surface area contributed by atoms with Crippen LogP contribution in [0.1, 0.15) is 22.4 Å². The largest absolute Gasteiger partial charge is 0.389 e. The number of aryl methyl sites for hydroxylation is 1. The topological polar surface area (TPSA) is 42.1 Å². The van der Waals surface area contributed by atoms with Crippen molar-refractivity contribution in [3.8, 4) is 0 Å². The average molecular weight is 285 g/mol. The third kappa shape index (κ3) is 3.85. The Bertz CT molecular complexity index is 596. The highest BCUT2D eigenvalue weighted by molar-refractivity contribution is 7.80. The lowest BCUT2D eigenvalue weighted by Crippen LogP contribution is -2.19. The van der Waals surface area contributed by atoms with Gasteiger partial charge >= 0.3 is 0 Å². The van der Waals surface area contributed by atoms with E-state index in [0.29, 0.717) is 4.99 Å². The Labute approximate surface area is 125 Å². The first-order valence-corrected chi connectivity index (χ1v) is 6.95. The van der Waals surface area contributed by atoms with Crippen LogP contribution in [0, 0.1) is 6.92 Å². The lowest BCUT2D eigenvalue weighted by atomic mass is 10.0. The van der Waals surface area contributed by atoms with E-state index in [2.05, 4.69) is 29.9 Å². The Morgan fingerprint density at radius 1 is 1.25 bits per heavy atom. The molecule has 104 valence electrons. The van der Waals surface area contributed by atoms with E-state index < -0.39 is 0 Å². The summed E-state index contributed by atoms with van der Waals surface area (Å²) in [6.07, 6.45) is 1.82. The molecule has 0 spiro atoms. The summed E-state index contributed by atoms with van der Waals surface area (Å²) in [6.45, 7) is 3.79. The molecule has 1 heterocycles. The molecule has 1 aromatic carbocycles. The van der Waals surface area contributed by atoms with E-state index in [9.17, 15) is 0 Å². The molecule has 0 radical (unpaired) electrons. The minimum Gasteiger partial charge on any atom is -0.389 e. The van der Waals surface area contributed by atoms with Gasteiger partial charge < -0.3 is 5.73 Å². The van der Waals surface area contributed by atoms with Gasteiger partial charge in [0.2, 0.25) is 0 Å². The van der Waals surface area contributed by atoms with Gasteiger partial charge in [0.1, 0.15) is 4.99 Å². The molecule has 2 N–H and O–H groups in total. The highest BCUT2D eigenvalue weighted by Gasteiger charge is 2.06. The quantitative estimate of drug-likeness (QED) is 0.858. The zero-order valence-electron chi connectivity index (χ0n) is 11.8. The smallest absolute Gasteiger partial charge is 0.103 e. The third-order valence-electron chi connectivity index (χ3n) is 3.23.